The predicted molar refractivity (Wildman–Crippen MR) is 85.1 cm³/mol. The van der Waals surface area contributed by atoms with E-state index in [4.69, 9.17) is 4.74 Å². The summed E-state index contributed by atoms with van der Waals surface area (Å²) < 4.78 is 6.43. The van der Waals surface area contributed by atoms with E-state index in [9.17, 15) is 4.79 Å². The molecular formula is C15H21BrN2O2. The Labute approximate surface area is 128 Å². The van der Waals surface area contributed by atoms with E-state index in [-0.39, 0.29) is 17.9 Å². The highest BCUT2D eigenvalue weighted by atomic mass is 79.9. The van der Waals surface area contributed by atoms with Crippen LogP contribution in [0.1, 0.15) is 33.3 Å². The number of hydrogen-bond acceptors (Lipinski definition) is 3. The number of halogens is 1. The molecular weight excluding hydrogens is 320 g/mol. The molecule has 1 aromatic carbocycles. The van der Waals surface area contributed by atoms with Gasteiger partial charge in [0.2, 0.25) is 0 Å². The Kier molecular flexibility index (Phi) is 5.74. The fourth-order valence-electron chi connectivity index (χ4n) is 1.20. The Hall–Kier alpha value is -1.36. The molecule has 1 rings (SSSR count). The molecule has 0 aliphatic heterocycles. The van der Waals surface area contributed by atoms with E-state index in [1.165, 1.54) is 0 Å². The maximum Gasteiger partial charge on any atom is 0.277 e. The zero-order valence-electron chi connectivity index (χ0n) is 12.6. The van der Waals surface area contributed by atoms with Gasteiger partial charge in [-0.3, -0.25) is 4.79 Å². The van der Waals surface area contributed by atoms with Crippen LogP contribution in [0.2, 0.25) is 0 Å². The van der Waals surface area contributed by atoms with Crippen molar-refractivity contribution in [2.75, 3.05) is 6.61 Å². The summed E-state index contributed by atoms with van der Waals surface area (Å²) >= 11 is 3.42. The molecule has 0 aliphatic carbocycles. The van der Waals surface area contributed by atoms with Crippen LogP contribution in [0.15, 0.2) is 27.8 Å². The molecule has 0 fully saturated rings. The zero-order valence-corrected chi connectivity index (χ0v) is 14.2. The van der Waals surface area contributed by atoms with Crippen molar-refractivity contribution in [1.82, 2.24) is 5.43 Å². The number of carbonyl (C=O) groups is 1. The maximum absolute atomic E-state index is 11.6. The van der Waals surface area contributed by atoms with Crippen molar-refractivity contribution in [2.24, 2.45) is 10.5 Å². The summed E-state index contributed by atoms with van der Waals surface area (Å²) in [5, 5.41) is 4.07. The van der Waals surface area contributed by atoms with E-state index >= 15 is 0 Å². The second-order valence-electron chi connectivity index (χ2n) is 5.68. The maximum atomic E-state index is 11.6. The van der Waals surface area contributed by atoms with Gasteiger partial charge in [-0.1, -0.05) is 36.7 Å². The number of nitrogens with zero attached hydrogens (tertiary/aromatic N) is 1. The Morgan fingerprint density at radius 3 is 2.60 bits per heavy atom. The molecule has 0 aliphatic rings. The molecule has 0 aromatic heterocycles. The molecule has 0 saturated heterocycles. The Balaban J connectivity index is 2.50. The van der Waals surface area contributed by atoms with E-state index < -0.39 is 0 Å². The third-order valence-electron chi connectivity index (χ3n) is 2.93. The topological polar surface area (TPSA) is 50.7 Å². The molecule has 0 bridgehead atoms. The lowest BCUT2D eigenvalue weighted by molar-refractivity contribution is -0.123. The summed E-state index contributed by atoms with van der Waals surface area (Å²) in [6.07, 6.45) is 0. The highest BCUT2D eigenvalue weighted by Crippen LogP contribution is 2.21. The molecule has 0 heterocycles. The van der Waals surface area contributed by atoms with Gasteiger partial charge in [0.05, 0.1) is 0 Å². The van der Waals surface area contributed by atoms with Crippen molar-refractivity contribution in [2.45, 2.75) is 34.6 Å². The summed E-state index contributed by atoms with van der Waals surface area (Å²) in [5.41, 5.74) is 4.37. The molecule has 1 aromatic rings. The van der Waals surface area contributed by atoms with Crippen LogP contribution < -0.4 is 10.2 Å². The van der Waals surface area contributed by atoms with Gasteiger partial charge in [-0.05, 0) is 37.6 Å². The molecule has 0 saturated carbocycles. The lowest BCUT2D eigenvalue weighted by Crippen LogP contribution is -2.28. The van der Waals surface area contributed by atoms with Crippen molar-refractivity contribution in [3.63, 3.8) is 0 Å². The minimum Gasteiger partial charge on any atom is -0.484 e. The third kappa shape index (κ3) is 5.33. The SMILES string of the molecule is CC(=NNC(=O)COc1ccc(Br)c(C)c1)C(C)(C)C. The standard InChI is InChI=1S/C15H21BrN2O2/c1-10-8-12(6-7-13(10)16)20-9-14(19)18-17-11(2)15(3,4)5/h6-8H,9H2,1-5H3,(H,18,19). The van der Waals surface area contributed by atoms with Crippen molar-refractivity contribution in [1.29, 1.82) is 0 Å². The molecule has 110 valence electrons. The summed E-state index contributed by atoms with van der Waals surface area (Å²) in [6.45, 7) is 9.92. The number of aryl methyl sites for hydroxylation is 1. The molecule has 20 heavy (non-hydrogen) atoms. The van der Waals surface area contributed by atoms with Crippen LogP contribution in [0, 0.1) is 12.3 Å². The second-order valence-corrected chi connectivity index (χ2v) is 6.54. The normalized spacial score (nSPS) is 12.2. The molecule has 0 spiro atoms. The molecule has 0 radical (unpaired) electrons. The molecule has 0 atom stereocenters. The van der Waals surface area contributed by atoms with Crippen molar-refractivity contribution >= 4 is 27.5 Å². The van der Waals surface area contributed by atoms with Crippen molar-refractivity contribution in [3.8, 4) is 5.75 Å². The van der Waals surface area contributed by atoms with Crippen molar-refractivity contribution < 1.29 is 9.53 Å². The fraction of sp³-hybridized carbons (Fsp3) is 0.467. The van der Waals surface area contributed by atoms with Gasteiger partial charge in [0.25, 0.3) is 5.91 Å². The van der Waals surface area contributed by atoms with Crippen LogP contribution in [-0.4, -0.2) is 18.2 Å². The van der Waals surface area contributed by atoms with E-state index in [1.54, 1.807) is 0 Å². The monoisotopic (exact) mass is 340 g/mol. The highest BCUT2D eigenvalue weighted by Gasteiger charge is 2.14. The number of amides is 1. The molecule has 5 heteroatoms. The number of rotatable bonds is 4. The number of ether oxygens (including phenoxy) is 1. The number of carbonyl (C=O) groups excluding carboxylic acids is 1. The van der Waals surface area contributed by atoms with Gasteiger partial charge >= 0.3 is 0 Å². The Morgan fingerprint density at radius 2 is 2.05 bits per heavy atom. The van der Waals surface area contributed by atoms with Crippen LogP contribution >= 0.6 is 15.9 Å². The second kappa shape index (κ2) is 6.88. The van der Waals surface area contributed by atoms with Gasteiger partial charge in [0, 0.05) is 15.6 Å². The van der Waals surface area contributed by atoms with Gasteiger partial charge in [-0.15, -0.1) is 0 Å². The van der Waals surface area contributed by atoms with Gasteiger partial charge < -0.3 is 4.74 Å². The predicted octanol–water partition coefficient (Wildman–Crippen LogP) is 3.67. The summed E-state index contributed by atoms with van der Waals surface area (Å²) in [7, 11) is 0. The summed E-state index contributed by atoms with van der Waals surface area (Å²) in [5.74, 6) is 0.395. The number of hydrazone groups is 1. The number of nitrogens with one attached hydrogen (secondary N) is 1. The lowest BCUT2D eigenvalue weighted by atomic mass is 9.91. The first-order chi connectivity index (χ1) is 9.20. The minimum absolute atomic E-state index is 0.0536. The van der Waals surface area contributed by atoms with Crippen LogP contribution in [0.25, 0.3) is 0 Å². The van der Waals surface area contributed by atoms with Crippen LogP contribution in [0.4, 0.5) is 0 Å². The number of hydrogen-bond donors (Lipinski definition) is 1. The number of benzene rings is 1. The Bertz CT molecular complexity index is 519. The van der Waals surface area contributed by atoms with E-state index in [0.29, 0.717) is 5.75 Å². The summed E-state index contributed by atoms with van der Waals surface area (Å²) in [4.78, 5) is 11.6. The smallest absolute Gasteiger partial charge is 0.277 e. The zero-order chi connectivity index (χ0) is 15.3. The summed E-state index contributed by atoms with van der Waals surface area (Å²) in [6, 6.07) is 5.58. The first-order valence-corrected chi connectivity index (χ1v) is 7.22. The fourth-order valence-corrected chi connectivity index (χ4v) is 1.45. The third-order valence-corrected chi connectivity index (χ3v) is 3.82. The Morgan fingerprint density at radius 1 is 1.40 bits per heavy atom. The van der Waals surface area contributed by atoms with Crippen LogP contribution in [0.5, 0.6) is 5.75 Å². The molecule has 4 nitrogen and oxygen atoms in total. The van der Waals surface area contributed by atoms with Crippen LogP contribution in [-0.2, 0) is 4.79 Å². The van der Waals surface area contributed by atoms with E-state index in [1.807, 2.05) is 52.8 Å². The van der Waals surface area contributed by atoms with E-state index in [0.717, 1.165) is 15.7 Å². The average molecular weight is 341 g/mol. The minimum atomic E-state index is -0.269. The quantitative estimate of drug-likeness (QED) is 0.671. The molecule has 1 N–H and O–H groups in total. The van der Waals surface area contributed by atoms with Crippen LogP contribution in [0.3, 0.4) is 0 Å². The molecule has 0 unspecified atom stereocenters. The average Bonchev–Trinajstić information content (AvgIpc) is 2.36. The van der Waals surface area contributed by atoms with Crippen molar-refractivity contribution in [3.05, 3.63) is 28.2 Å². The lowest BCUT2D eigenvalue weighted by Gasteiger charge is -2.17. The van der Waals surface area contributed by atoms with Gasteiger partial charge in [0.1, 0.15) is 5.75 Å². The largest absolute Gasteiger partial charge is 0.484 e. The van der Waals surface area contributed by atoms with Gasteiger partial charge in [-0.2, -0.15) is 5.10 Å². The van der Waals surface area contributed by atoms with Gasteiger partial charge in [0.15, 0.2) is 6.61 Å². The first kappa shape index (κ1) is 16.7. The van der Waals surface area contributed by atoms with E-state index in [2.05, 4.69) is 26.5 Å². The highest BCUT2D eigenvalue weighted by molar-refractivity contribution is 9.10. The molecule has 1 amide bonds. The first-order valence-electron chi connectivity index (χ1n) is 6.42. The van der Waals surface area contributed by atoms with Gasteiger partial charge in [-0.25, -0.2) is 5.43 Å².